The van der Waals surface area contributed by atoms with Crippen molar-refractivity contribution in [3.63, 3.8) is 0 Å². The number of rotatable bonds is 17. The van der Waals surface area contributed by atoms with E-state index in [0.29, 0.717) is 49.3 Å². The summed E-state index contributed by atoms with van der Waals surface area (Å²) in [6.07, 6.45) is 10.5. The van der Waals surface area contributed by atoms with Crippen molar-refractivity contribution in [2.24, 2.45) is 5.92 Å². The van der Waals surface area contributed by atoms with Gasteiger partial charge in [-0.3, -0.25) is 9.59 Å². The Balaban J connectivity index is 1.19. The van der Waals surface area contributed by atoms with Crippen LogP contribution < -0.4 is 9.47 Å². The van der Waals surface area contributed by atoms with E-state index >= 15 is 0 Å². The van der Waals surface area contributed by atoms with Crippen molar-refractivity contribution in [1.82, 2.24) is 4.90 Å². The lowest BCUT2D eigenvalue weighted by molar-refractivity contribution is -0.155. The topological polar surface area (TPSA) is 101 Å². The van der Waals surface area contributed by atoms with E-state index in [4.69, 9.17) is 23.7 Å². The number of aryl methyl sites for hydroxylation is 1. The summed E-state index contributed by atoms with van der Waals surface area (Å²) in [5.41, 5.74) is 2.17. The maximum atomic E-state index is 12.9. The molecule has 1 amide bonds. The van der Waals surface area contributed by atoms with Gasteiger partial charge in [0.15, 0.2) is 0 Å². The fourth-order valence-corrected chi connectivity index (χ4v) is 5.56. The first kappa shape index (κ1) is 33.3. The van der Waals surface area contributed by atoms with Gasteiger partial charge < -0.3 is 28.6 Å². The largest absolute Gasteiger partial charge is 0.494 e. The summed E-state index contributed by atoms with van der Waals surface area (Å²) >= 11 is 0. The first-order valence-corrected chi connectivity index (χ1v) is 16.1. The highest BCUT2D eigenvalue weighted by Crippen LogP contribution is 2.25. The lowest BCUT2D eigenvalue weighted by atomic mass is 9.98. The van der Waals surface area contributed by atoms with Crippen LogP contribution in [-0.2, 0) is 36.6 Å². The predicted molar refractivity (Wildman–Crippen MR) is 166 cm³/mol. The molecule has 0 atom stereocenters. The van der Waals surface area contributed by atoms with Crippen molar-refractivity contribution >= 4 is 17.8 Å². The van der Waals surface area contributed by atoms with Gasteiger partial charge in [0.1, 0.15) is 11.5 Å². The minimum absolute atomic E-state index is 0.0610. The average molecular weight is 610 g/mol. The second-order valence-electron chi connectivity index (χ2n) is 11.5. The Bertz CT molecular complexity index is 1200. The third-order valence-corrected chi connectivity index (χ3v) is 8.19. The number of carbonyl (C=O) groups is 3. The highest BCUT2D eigenvalue weighted by Gasteiger charge is 2.36. The minimum Gasteiger partial charge on any atom is -0.494 e. The number of ether oxygens (including phenoxy) is 5. The van der Waals surface area contributed by atoms with Gasteiger partial charge in [-0.25, -0.2) is 4.79 Å². The van der Waals surface area contributed by atoms with Crippen LogP contribution in [0, 0.1) is 5.92 Å². The minimum atomic E-state index is -0.446. The molecule has 0 aromatic heterocycles. The molecular weight excluding hydrogens is 562 g/mol. The predicted octanol–water partition coefficient (Wildman–Crippen LogP) is 5.56. The summed E-state index contributed by atoms with van der Waals surface area (Å²) in [5.74, 6) is 0.251. The quantitative estimate of drug-likeness (QED) is 0.170. The van der Waals surface area contributed by atoms with Crippen molar-refractivity contribution in [3.05, 3.63) is 59.2 Å². The third-order valence-electron chi connectivity index (χ3n) is 8.19. The van der Waals surface area contributed by atoms with E-state index < -0.39 is 5.97 Å². The molecule has 44 heavy (non-hydrogen) atoms. The summed E-state index contributed by atoms with van der Waals surface area (Å²) in [5, 5.41) is 0. The van der Waals surface area contributed by atoms with Crippen LogP contribution in [0.25, 0.3) is 0 Å². The number of nitrogens with zero attached hydrogens (tertiary/aromatic N) is 1. The number of likely N-dealkylation sites (tertiary alicyclic amines) is 1. The van der Waals surface area contributed by atoms with E-state index in [-0.39, 0.29) is 30.8 Å². The van der Waals surface area contributed by atoms with Gasteiger partial charge in [-0.2, -0.15) is 0 Å². The number of methoxy groups -OCH3 is 1. The number of hydrogen-bond acceptors (Lipinski definition) is 8. The molecule has 1 saturated heterocycles. The molecule has 1 aliphatic carbocycles. The van der Waals surface area contributed by atoms with Crippen molar-refractivity contribution in [2.75, 3.05) is 46.6 Å². The highest BCUT2D eigenvalue weighted by atomic mass is 16.5. The van der Waals surface area contributed by atoms with E-state index in [2.05, 4.69) is 12.1 Å². The summed E-state index contributed by atoms with van der Waals surface area (Å²) in [6.45, 7) is 4.63. The van der Waals surface area contributed by atoms with Gasteiger partial charge in [0.25, 0.3) is 0 Å². The van der Waals surface area contributed by atoms with E-state index in [9.17, 15) is 14.4 Å². The Labute approximate surface area is 261 Å². The van der Waals surface area contributed by atoms with E-state index in [0.717, 1.165) is 38.0 Å². The molecule has 9 heteroatoms. The van der Waals surface area contributed by atoms with Crippen LogP contribution in [-0.4, -0.2) is 75.5 Å². The Morgan fingerprint density at radius 3 is 2.32 bits per heavy atom. The molecule has 0 unspecified atom stereocenters. The molecule has 9 nitrogen and oxygen atoms in total. The molecule has 0 N–H and O–H groups in total. The zero-order valence-electron chi connectivity index (χ0n) is 26.2. The van der Waals surface area contributed by atoms with Gasteiger partial charge in [0, 0.05) is 25.3 Å². The third kappa shape index (κ3) is 10.3. The Morgan fingerprint density at radius 2 is 1.59 bits per heavy atom. The van der Waals surface area contributed by atoms with Crippen molar-refractivity contribution < 1.29 is 38.1 Å². The Kier molecular flexibility index (Phi) is 13.4. The average Bonchev–Trinajstić information content (AvgIpc) is 3.02. The van der Waals surface area contributed by atoms with Crippen molar-refractivity contribution in [2.45, 2.75) is 77.2 Å². The maximum Gasteiger partial charge on any atom is 0.338 e. The van der Waals surface area contributed by atoms with Crippen LogP contribution in [0.3, 0.4) is 0 Å². The van der Waals surface area contributed by atoms with Crippen LogP contribution in [0.2, 0.25) is 0 Å². The lowest BCUT2D eigenvalue weighted by Gasteiger charge is -2.37. The maximum absolute atomic E-state index is 12.9. The number of unbranched alkanes of at least 4 members (excludes halogenated alkanes) is 1. The van der Waals surface area contributed by atoms with E-state index in [1.807, 2.05) is 12.1 Å². The van der Waals surface area contributed by atoms with Gasteiger partial charge in [-0.1, -0.05) is 31.4 Å². The molecule has 4 rings (SSSR count). The first-order chi connectivity index (χ1) is 21.5. The fourth-order valence-electron chi connectivity index (χ4n) is 5.56. The summed E-state index contributed by atoms with van der Waals surface area (Å²) in [4.78, 5) is 38.5. The fraction of sp³-hybridized carbons (Fsp3) is 0.571. The van der Waals surface area contributed by atoms with Gasteiger partial charge in [0.05, 0.1) is 50.9 Å². The highest BCUT2D eigenvalue weighted by molar-refractivity contribution is 5.90. The first-order valence-electron chi connectivity index (χ1n) is 16.1. The summed E-state index contributed by atoms with van der Waals surface area (Å²) < 4.78 is 27.9. The normalized spacial score (nSPS) is 15.4. The van der Waals surface area contributed by atoms with Crippen molar-refractivity contribution in [3.8, 4) is 11.5 Å². The lowest BCUT2D eigenvalue weighted by Crippen LogP contribution is -2.53. The van der Waals surface area contributed by atoms with Gasteiger partial charge in [-0.05, 0) is 81.3 Å². The second kappa shape index (κ2) is 17.6. The second-order valence-corrected chi connectivity index (χ2v) is 11.5. The zero-order chi connectivity index (χ0) is 31.1. The van der Waals surface area contributed by atoms with E-state index in [1.165, 1.54) is 44.8 Å². The van der Waals surface area contributed by atoms with Gasteiger partial charge in [-0.15, -0.1) is 0 Å². The molecular formula is C35H47NO8. The van der Waals surface area contributed by atoms with Crippen molar-refractivity contribution in [1.29, 1.82) is 0 Å². The van der Waals surface area contributed by atoms with Crippen LogP contribution >= 0.6 is 0 Å². The number of carbonyl (C=O) groups excluding carboxylic acids is 3. The SMILES string of the molecule is CCOC(=O)c1ccc(OCCCc2ccc(OCCCCOC3CCCCC3)cc2)c(CC(=O)N2CC(C(=O)OC)C2)c1. The molecule has 1 saturated carbocycles. The molecule has 2 aromatic carbocycles. The van der Waals surface area contributed by atoms with Crippen LogP contribution in [0.1, 0.15) is 79.8 Å². The zero-order valence-corrected chi connectivity index (χ0v) is 26.2. The molecule has 240 valence electrons. The molecule has 1 heterocycles. The molecule has 0 radical (unpaired) electrons. The Morgan fingerprint density at radius 1 is 0.864 bits per heavy atom. The van der Waals surface area contributed by atoms with E-state index in [1.54, 1.807) is 30.0 Å². The monoisotopic (exact) mass is 609 g/mol. The molecule has 0 bridgehead atoms. The smallest absolute Gasteiger partial charge is 0.338 e. The summed E-state index contributed by atoms with van der Waals surface area (Å²) in [6, 6.07) is 13.2. The van der Waals surface area contributed by atoms with Crippen LogP contribution in [0.15, 0.2) is 42.5 Å². The van der Waals surface area contributed by atoms with Gasteiger partial charge >= 0.3 is 11.9 Å². The van der Waals surface area contributed by atoms with Crippen LogP contribution in [0.5, 0.6) is 11.5 Å². The molecule has 0 spiro atoms. The molecule has 2 fully saturated rings. The molecule has 2 aromatic rings. The molecule has 2 aliphatic rings. The van der Waals surface area contributed by atoms with Crippen LogP contribution in [0.4, 0.5) is 0 Å². The molecule has 1 aliphatic heterocycles. The summed E-state index contributed by atoms with van der Waals surface area (Å²) in [7, 11) is 1.35. The number of amides is 1. The number of esters is 2. The standard InChI is InChI=1S/C35H47NO8/c1-3-41-35(39)27-15-18-32(28(22-27)23-33(37)36-24-29(25-36)34(38)40-2)44-21-9-10-26-13-16-31(17-14-26)43-20-8-7-19-42-30-11-5-4-6-12-30/h13-18,22,29-30H,3-12,19-21,23-25H2,1-2H3. The number of benzene rings is 2. The Hall–Kier alpha value is -3.59. The van der Waals surface area contributed by atoms with Gasteiger partial charge in [0.2, 0.25) is 5.91 Å². The number of hydrogen-bond donors (Lipinski definition) is 0.